The van der Waals surface area contributed by atoms with Crippen LogP contribution in [-0.2, 0) is 11.3 Å². The van der Waals surface area contributed by atoms with E-state index in [1.807, 2.05) is 61.1 Å². The van der Waals surface area contributed by atoms with Crippen LogP contribution in [0.1, 0.15) is 29.3 Å². The van der Waals surface area contributed by atoms with Gasteiger partial charge in [-0.3, -0.25) is 4.79 Å². The fourth-order valence-electron chi connectivity index (χ4n) is 3.38. The Kier molecular flexibility index (Phi) is 4.85. The van der Waals surface area contributed by atoms with Gasteiger partial charge in [-0.2, -0.15) is 0 Å². The first kappa shape index (κ1) is 17.2. The molecule has 1 unspecified atom stereocenters. The molecular weight excluding hydrogens is 336 g/mol. The Bertz CT molecular complexity index is 944. The number of aromatic nitrogens is 2. The molecule has 0 saturated heterocycles. The molecule has 0 bridgehead atoms. The van der Waals surface area contributed by atoms with Gasteiger partial charge in [0.15, 0.2) is 0 Å². The number of carbonyl (C=O) groups excluding carboxylic acids is 1. The molecule has 2 aromatic carbocycles. The first-order valence-electron chi connectivity index (χ1n) is 9.10. The van der Waals surface area contributed by atoms with Crippen LogP contribution in [0.4, 0.5) is 5.69 Å². The van der Waals surface area contributed by atoms with Gasteiger partial charge in [0.1, 0.15) is 0 Å². The van der Waals surface area contributed by atoms with Gasteiger partial charge in [0.05, 0.1) is 24.3 Å². The summed E-state index contributed by atoms with van der Waals surface area (Å²) in [4.78, 5) is 18.1. The predicted octanol–water partition coefficient (Wildman–Crippen LogP) is 3.27. The lowest BCUT2D eigenvalue weighted by Gasteiger charge is -2.23. The third-order valence-electron chi connectivity index (χ3n) is 4.87. The molecule has 1 atom stereocenters. The molecule has 0 aliphatic carbocycles. The summed E-state index contributed by atoms with van der Waals surface area (Å²) in [5.74, 6) is 0.0414. The molecule has 136 valence electrons. The van der Waals surface area contributed by atoms with Crippen LogP contribution in [0.2, 0.25) is 0 Å². The van der Waals surface area contributed by atoms with E-state index in [4.69, 9.17) is 5.73 Å². The maximum Gasteiger partial charge on any atom is 0.250 e. The van der Waals surface area contributed by atoms with E-state index in [9.17, 15) is 4.79 Å². The highest BCUT2D eigenvalue weighted by Crippen LogP contribution is 2.22. The van der Waals surface area contributed by atoms with Crippen LogP contribution < -0.4 is 10.6 Å². The van der Waals surface area contributed by atoms with Crippen molar-refractivity contribution in [1.82, 2.24) is 9.55 Å². The largest absolute Gasteiger partial charge is 0.328 e. The van der Waals surface area contributed by atoms with Crippen molar-refractivity contribution in [3.8, 4) is 0 Å². The second kappa shape index (κ2) is 7.60. The molecule has 4 rings (SSSR count). The van der Waals surface area contributed by atoms with Gasteiger partial charge in [-0.25, -0.2) is 4.98 Å². The molecule has 1 aliphatic rings. The Morgan fingerprint density at radius 2 is 1.85 bits per heavy atom. The molecule has 0 saturated carbocycles. The normalized spacial score (nSPS) is 15.1. The Labute approximate surface area is 158 Å². The molecule has 0 radical (unpaired) electrons. The average Bonchev–Trinajstić information content (AvgIpc) is 3.17. The zero-order valence-corrected chi connectivity index (χ0v) is 15.0. The predicted molar refractivity (Wildman–Crippen MR) is 106 cm³/mol. The highest BCUT2D eigenvalue weighted by molar-refractivity contribution is 6.02. The van der Waals surface area contributed by atoms with E-state index in [-0.39, 0.29) is 11.9 Å². The summed E-state index contributed by atoms with van der Waals surface area (Å²) in [6, 6.07) is 17.9. The molecule has 0 fully saturated rings. The molecule has 1 aliphatic heterocycles. The van der Waals surface area contributed by atoms with Crippen molar-refractivity contribution in [2.45, 2.75) is 19.0 Å². The van der Waals surface area contributed by atoms with Gasteiger partial charge < -0.3 is 15.2 Å². The first-order valence-corrected chi connectivity index (χ1v) is 9.10. The number of hydrogen-bond acceptors (Lipinski definition) is 3. The molecule has 5 nitrogen and oxygen atoms in total. The molecular formula is C22H22N4O. The topological polar surface area (TPSA) is 64.2 Å². The van der Waals surface area contributed by atoms with Crippen LogP contribution in [0.5, 0.6) is 0 Å². The quantitative estimate of drug-likeness (QED) is 0.761. The number of carbonyl (C=O) groups is 1. The highest BCUT2D eigenvalue weighted by atomic mass is 16.2. The van der Waals surface area contributed by atoms with E-state index in [1.54, 1.807) is 11.0 Å². The van der Waals surface area contributed by atoms with Gasteiger partial charge in [-0.1, -0.05) is 48.5 Å². The van der Waals surface area contributed by atoms with E-state index >= 15 is 0 Å². The van der Waals surface area contributed by atoms with Gasteiger partial charge in [-0.05, 0) is 35.8 Å². The van der Waals surface area contributed by atoms with Crippen LogP contribution in [0.15, 0.2) is 79.3 Å². The Balaban J connectivity index is 1.51. The molecule has 1 amide bonds. The SMILES string of the molecule is NC(c1ccccc1)c1cncn1Cc1ccc(N2CCC=CC2=O)cc1. The van der Waals surface area contributed by atoms with E-state index in [0.29, 0.717) is 6.54 Å². The fourth-order valence-corrected chi connectivity index (χ4v) is 3.38. The summed E-state index contributed by atoms with van der Waals surface area (Å²) in [5.41, 5.74) is 10.5. The highest BCUT2D eigenvalue weighted by Gasteiger charge is 2.16. The molecule has 1 aromatic heterocycles. The van der Waals surface area contributed by atoms with Gasteiger partial charge >= 0.3 is 0 Å². The molecule has 27 heavy (non-hydrogen) atoms. The third-order valence-corrected chi connectivity index (χ3v) is 4.87. The minimum absolute atomic E-state index is 0.0414. The second-order valence-electron chi connectivity index (χ2n) is 6.68. The Hall–Kier alpha value is -3.18. The monoisotopic (exact) mass is 358 g/mol. The maximum absolute atomic E-state index is 12.0. The van der Waals surface area contributed by atoms with Crippen molar-refractivity contribution in [2.75, 3.05) is 11.4 Å². The maximum atomic E-state index is 12.0. The van der Waals surface area contributed by atoms with Crippen molar-refractivity contribution in [1.29, 1.82) is 0 Å². The van der Waals surface area contributed by atoms with Gasteiger partial charge in [0, 0.05) is 18.8 Å². The summed E-state index contributed by atoms with van der Waals surface area (Å²) >= 11 is 0. The standard InChI is InChI=1S/C22H22N4O/c23-22(18-6-2-1-3-7-18)20-14-24-16-25(20)15-17-9-11-19(12-10-17)26-13-5-4-8-21(26)27/h1-4,6-12,14,16,22H,5,13,15,23H2. The minimum atomic E-state index is -0.217. The number of nitrogens with zero attached hydrogens (tertiary/aromatic N) is 3. The first-order chi connectivity index (χ1) is 13.2. The van der Waals surface area contributed by atoms with Gasteiger partial charge in [0.25, 0.3) is 5.91 Å². The summed E-state index contributed by atoms with van der Waals surface area (Å²) < 4.78 is 2.07. The van der Waals surface area contributed by atoms with Crippen molar-refractivity contribution >= 4 is 11.6 Å². The lowest BCUT2D eigenvalue weighted by molar-refractivity contribution is -0.114. The van der Waals surface area contributed by atoms with E-state index in [0.717, 1.165) is 35.5 Å². The van der Waals surface area contributed by atoms with Gasteiger partial charge in [-0.15, -0.1) is 0 Å². The molecule has 2 heterocycles. The number of rotatable bonds is 5. The summed E-state index contributed by atoms with van der Waals surface area (Å²) in [6.45, 7) is 1.41. The van der Waals surface area contributed by atoms with Crippen molar-refractivity contribution in [3.63, 3.8) is 0 Å². The summed E-state index contributed by atoms with van der Waals surface area (Å²) in [6.07, 6.45) is 8.09. The van der Waals surface area contributed by atoms with E-state index in [1.165, 1.54) is 0 Å². The Morgan fingerprint density at radius 1 is 1.07 bits per heavy atom. The molecule has 0 spiro atoms. The Morgan fingerprint density at radius 3 is 2.59 bits per heavy atom. The molecule has 5 heteroatoms. The number of imidazole rings is 1. The number of amides is 1. The van der Waals surface area contributed by atoms with Crippen LogP contribution in [0, 0.1) is 0 Å². The average molecular weight is 358 g/mol. The van der Waals surface area contributed by atoms with Crippen molar-refractivity contribution in [3.05, 3.63) is 96.1 Å². The lowest BCUT2D eigenvalue weighted by atomic mass is 10.1. The minimum Gasteiger partial charge on any atom is -0.328 e. The summed E-state index contributed by atoms with van der Waals surface area (Å²) in [5, 5.41) is 0. The number of benzene rings is 2. The van der Waals surface area contributed by atoms with Crippen LogP contribution in [-0.4, -0.2) is 22.0 Å². The second-order valence-corrected chi connectivity index (χ2v) is 6.68. The molecule has 3 aromatic rings. The smallest absolute Gasteiger partial charge is 0.250 e. The van der Waals surface area contributed by atoms with E-state index < -0.39 is 0 Å². The fraction of sp³-hybridized carbons (Fsp3) is 0.182. The van der Waals surface area contributed by atoms with Crippen molar-refractivity contribution in [2.24, 2.45) is 5.73 Å². The van der Waals surface area contributed by atoms with Crippen LogP contribution >= 0.6 is 0 Å². The van der Waals surface area contributed by atoms with Crippen molar-refractivity contribution < 1.29 is 4.79 Å². The molecule has 2 N–H and O–H groups in total. The third kappa shape index (κ3) is 3.68. The zero-order chi connectivity index (χ0) is 18.6. The number of nitrogens with two attached hydrogens (primary N) is 1. The van der Waals surface area contributed by atoms with Gasteiger partial charge in [0.2, 0.25) is 0 Å². The van der Waals surface area contributed by atoms with Crippen LogP contribution in [0.25, 0.3) is 0 Å². The zero-order valence-electron chi connectivity index (χ0n) is 15.0. The number of hydrogen-bond donors (Lipinski definition) is 1. The lowest BCUT2D eigenvalue weighted by Crippen LogP contribution is -2.32. The number of anilines is 1. The van der Waals surface area contributed by atoms with Crippen LogP contribution in [0.3, 0.4) is 0 Å². The summed E-state index contributed by atoms with van der Waals surface area (Å²) in [7, 11) is 0. The van der Waals surface area contributed by atoms with E-state index in [2.05, 4.69) is 21.7 Å².